The predicted molar refractivity (Wildman–Crippen MR) is 100 cm³/mol. The van der Waals surface area contributed by atoms with Crippen molar-refractivity contribution >= 4 is 11.8 Å². The molecule has 0 amide bonds. The molecule has 0 bridgehead atoms. The van der Waals surface area contributed by atoms with E-state index in [2.05, 4.69) is 23.8 Å². The molecular formula is C19H26N2O2S. The van der Waals surface area contributed by atoms with Gasteiger partial charge in [-0.1, -0.05) is 50.6 Å². The number of ether oxygens (including phenoxy) is 1. The van der Waals surface area contributed by atoms with Gasteiger partial charge in [0, 0.05) is 12.0 Å². The van der Waals surface area contributed by atoms with Gasteiger partial charge in [0.05, 0.1) is 12.3 Å². The Morgan fingerprint density at radius 3 is 2.54 bits per heavy atom. The van der Waals surface area contributed by atoms with Crippen LogP contribution in [0.5, 0.6) is 5.75 Å². The van der Waals surface area contributed by atoms with Crippen LogP contribution in [-0.2, 0) is 12.8 Å². The monoisotopic (exact) mass is 346 g/mol. The topological polar surface area (TPSA) is 55.0 Å². The second kappa shape index (κ2) is 9.52. The van der Waals surface area contributed by atoms with E-state index in [-0.39, 0.29) is 5.56 Å². The third kappa shape index (κ3) is 5.13. The van der Waals surface area contributed by atoms with Crippen LogP contribution >= 0.6 is 11.8 Å². The fourth-order valence-electron chi connectivity index (χ4n) is 2.49. The van der Waals surface area contributed by atoms with Gasteiger partial charge in [-0.2, -0.15) is 0 Å². The zero-order valence-corrected chi connectivity index (χ0v) is 15.5. The molecule has 0 aliphatic heterocycles. The Kier molecular flexibility index (Phi) is 7.37. The first kappa shape index (κ1) is 18.6. The molecule has 24 heavy (non-hydrogen) atoms. The second-order valence-electron chi connectivity index (χ2n) is 5.77. The van der Waals surface area contributed by atoms with E-state index < -0.39 is 0 Å². The molecule has 1 aromatic heterocycles. The lowest BCUT2D eigenvalue weighted by Gasteiger charge is -2.10. The minimum absolute atomic E-state index is 0.0268. The predicted octanol–water partition coefficient (Wildman–Crippen LogP) is 4.21. The molecule has 0 aliphatic rings. The zero-order chi connectivity index (χ0) is 17.4. The van der Waals surface area contributed by atoms with Gasteiger partial charge in [0.25, 0.3) is 5.56 Å². The lowest BCUT2D eigenvalue weighted by molar-refractivity contribution is 0.309. The van der Waals surface area contributed by atoms with Crippen LogP contribution in [0.15, 0.2) is 34.2 Å². The van der Waals surface area contributed by atoms with Crippen molar-refractivity contribution in [2.75, 3.05) is 12.9 Å². The van der Waals surface area contributed by atoms with E-state index in [1.807, 2.05) is 30.5 Å². The molecule has 1 heterocycles. The summed E-state index contributed by atoms with van der Waals surface area (Å²) in [5.41, 5.74) is 2.75. The standard InChI is InChI=1S/C19H26N2O2S/c1-4-6-12-23-15-10-8-14(9-11-15)13-16-17(7-5-2)20-19(24-3)21-18(16)22/h8-11H,4-7,12-13H2,1-3H3,(H,20,21,22). The van der Waals surface area contributed by atoms with Crippen LogP contribution in [0, 0.1) is 0 Å². The number of aryl methyl sites for hydroxylation is 1. The van der Waals surface area contributed by atoms with Gasteiger partial charge in [-0.25, -0.2) is 4.98 Å². The Labute approximate surface area is 148 Å². The third-order valence-corrected chi connectivity index (χ3v) is 4.41. The molecule has 0 unspecified atom stereocenters. The summed E-state index contributed by atoms with van der Waals surface area (Å²) in [6.45, 7) is 5.00. The summed E-state index contributed by atoms with van der Waals surface area (Å²) < 4.78 is 5.68. The highest BCUT2D eigenvalue weighted by Crippen LogP contribution is 2.17. The van der Waals surface area contributed by atoms with Crippen LogP contribution in [0.4, 0.5) is 0 Å². The quantitative estimate of drug-likeness (QED) is 0.420. The first-order valence-corrected chi connectivity index (χ1v) is 9.78. The molecular weight excluding hydrogens is 320 g/mol. The van der Waals surface area contributed by atoms with E-state index in [1.54, 1.807) is 0 Å². The van der Waals surface area contributed by atoms with Crippen molar-refractivity contribution in [2.24, 2.45) is 0 Å². The lowest BCUT2D eigenvalue weighted by atomic mass is 10.0. The molecule has 0 radical (unpaired) electrons. The van der Waals surface area contributed by atoms with Crippen molar-refractivity contribution in [1.29, 1.82) is 0 Å². The Hall–Kier alpha value is -1.75. The van der Waals surface area contributed by atoms with E-state index >= 15 is 0 Å². The van der Waals surface area contributed by atoms with Gasteiger partial charge >= 0.3 is 0 Å². The number of aromatic nitrogens is 2. The third-order valence-electron chi connectivity index (χ3n) is 3.83. The number of nitrogens with one attached hydrogen (secondary N) is 1. The van der Waals surface area contributed by atoms with E-state index in [9.17, 15) is 4.79 Å². The largest absolute Gasteiger partial charge is 0.494 e. The van der Waals surface area contributed by atoms with Crippen LogP contribution in [-0.4, -0.2) is 22.8 Å². The smallest absolute Gasteiger partial charge is 0.255 e. The molecule has 0 spiro atoms. The Morgan fingerprint density at radius 1 is 1.17 bits per heavy atom. The number of hydrogen-bond donors (Lipinski definition) is 1. The molecule has 2 rings (SSSR count). The molecule has 0 aliphatic carbocycles. The van der Waals surface area contributed by atoms with Crippen LogP contribution in [0.25, 0.3) is 0 Å². The van der Waals surface area contributed by atoms with Gasteiger partial charge in [0.1, 0.15) is 5.75 Å². The molecule has 4 nitrogen and oxygen atoms in total. The lowest BCUT2D eigenvalue weighted by Crippen LogP contribution is -2.19. The number of benzene rings is 1. The fourth-order valence-corrected chi connectivity index (χ4v) is 2.88. The number of aromatic amines is 1. The van der Waals surface area contributed by atoms with Gasteiger partial charge < -0.3 is 9.72 Å². The molecule has 0 saturated heterocycles. The number of unbranched alkanes of at least 4 members (excludes halogenated alkanes) is 1. The van der Waals surface area contributed by atoms with Crippen molar-refractivity contribution in [3.63, 3.8) is 0 Å². The first-order valence-electron chi connectivity index (χ1n) is 8.55. The van der Waals surface area contributed by atoms with Crippen molar-refractivity contribution in [2.45, 2.75) is 51.1 Å². The van der Waals surface area contributed by atoms with Crippen molar-refractivity contribution in [3.8, 4) is 5.75 Å². The van der Waals surface area contributed by atoms with Crippen LogP contribution in [0.1, 0.15) is 49.9 Å². The molecule has 0 saturated carbocycles. The second-order valence-corrected chi connectivity index (χ2v) is 6.57. The van der Waals surface area contributed by atoms with Gasteiger partial charge in [-0.15, -0.1) is 0 Å². The molecule has 1 aromatic carbocycles. The SMILES string of the molecule is CCCCOc1ccc(Cc2c(CCC)nc(SC)[nH]c2=O)cc1. The summed E-state index contributed by atoms with van der Waals surface area (Å²) in [5.74, 6) is 0.880. The Morgan fingerprint density at radius 2 is 1.92 bits per heavy atom. The van der Waals surface area contributed by atoms with E-state index in [4.69, 9.17) is 4.74 Å². The summed E-state index contributed by atoms with van der Waals surface area (Å²) >= 11 is 1.47. The highest BCUT2D eigenvalue weighted by atomic mass is 32.2. The summed E-state index contributed by atoms with van der Waals surface area (Å²) in [6, 6.07) is 8.00. The number of hydrogen-bond acceptors (Lipinski definition) is 4. The van der Waals surface area contributed by atoms with Crippen molar-refractivity contribution < 1.29 is 4.74 Å². The first-order chi connectivity index (χ1) is 11.7. The fraction of sp³-hybridized carbons (Fsp3) is 0.474. The normalized spacial score (nSPS) is 10.8. The summed E-state index contributed by atoms with van der Waals surface area (Å²) in [7, 11) is 0. The minimum Gasteiger partial charge on any atom is -0.494 e. The van der Waals surface area contributed by atoms with Gasteiger partial charge in [0.15, 0.2) is 5.16 Å². The molecule has 130 valence electrons. The van der Waals surface area contributed by atoms with Gasteiger partial charge in [-0.3, -0.25) is 4.79 Å². The summed E-state index contributed by atoms with van der Waals surface area (Å²) in [6.07, 6.45) is 6.50. The Balaban J connectivity index is 2.16. The highest BCUT2D eigenvalue weighted by molar-refractivity contribution is 7.98. The zero-order valence-electron chi connectivity index (χ0n) is 14.7. The maximum Gasteiger partial charge on any atom is 0.255 e. The number of H-pyrrole nitrogens is 1. The maximum absolute atomic E-state index is 12.4. The number of rotatable bonds is 9. The average Bonchev–Trinajstić information content (AvgIpc) is 2.59. The highest BCUT2D eigenvalue weighted by Gasteiger charge is 2.11. The number of thioether (sulfide) groups is 1. The van der Waals surface area contributed by atoms with Crippen LogP contribution < -0.4 is 10.3 Å². The van der Waals surface area contributed by atoms with Crippen molar-refractivity contribution in [3.05, 3.63) is 51.4 Å². The molecule has 0 atom stereocenters. The van der Waals surface area contributed by atoms with Crippen LogP contribution in [0.3, 0.4) is 0 Å². The summed E-state index contributed by atoms with van der Waals surface area (Å²) in [5, 5.41) is 0.687. The average molecular weight is 346 g/mol. The van der Waals surface area contributed by atoms with Crippen molar-refractivity contribution in [1.82, 2.24) is 9.97 Å². The minimum atomic E-state index is -0.0268. The van der Waals surface area contributed by atoms with Gasteiger partial charge in [-0.05, 0) is 36.8 Å². The van der Waals surface area contributed by atoms with E-state index in [0.29, 0.717) is 11.6 Å². The molecule has 0 fully saturated rings. The maximum atomic E-state index is 12.4. The van der Waals surface area contributed by atoms with E-state index in [1.165, 1.54) is 11.8 Å². The Bertz CT molecular complexity index is 696. The molecule has 2 aromatic rings. The molecule has 1 N–H and O–H groups in total. The molecule has 5 heteroatoms. The van der Waals surface area contributed by atoms with E-state index in [0.717, 1.165) is 54.9 Å². The summed E-state index contributed by atoms with van der Waals surface area (Å²) in [4.78, 5) is 19.9. The van der Waals surface area contributed by atoms with Crippen LogP contribution in [0.2, 0.25) is 0 Å². The number of nitrogens with zero attached hydrogens (tertiary/aromatic N) is 1. The van der Waals surface area contributed by atoms with Gasteiger partial charge in [0.2, 0.25) is 0 Å².